The quantitative estimate of drug-likeness (QED) is 0.274. The number of hydrogen-bond acceptors (Lipinski definition) is 6. The number of urea groups is 1. The molecular weight excluding hydrogens is 691 g/mol. The zero-order chi connectivity index (χ0) is 28.7. The molecule has 4 aliphatic rings. The summed E-state index contributed by atoms with van der Waals surface area (Å²) in [6.07, 6.45) is 7.80. The van der Waals surface area contributed by atoms with Crippen LogP contribution in [-0.4, -0.2) is 87.7 Å². The first-order chi connectivity index (χ1) is 19.5. The van der Waals surface area contributed by atoms with Crippen molar-refractivity contribution < 1.29 is 22.2 Å². The van der Waals surface area contributed by atoms with Gasteiger partial charge in [0.2, 0.25) is 0 Å². The van der Waals surface area contributed by atoms with Crippen molar-refractivity contribution in [2.75, 3.05) is 36.1 Å². The van der Waals surface area contributed by atoms with E-state index in [9.17, 15) is 22.2 Å². The van der Waals surface area contributed by atoms with Crippen molar-refractivity contribution in [1.82, 2.24) is 29.2 Å². The number of alkyl halides is 3. The fourth-order valence-electron chi connectivity index (χ4n) is 5.78. The zero-order valence-corrected chi connectivity index (χ0v) is 26.2. The third kappa shape index (κ3) is 5.13. The molecule has 16 heteroatoms. The number of carbonyl (C=O) groups excluding carboxylic acids is 1. The van der Waals surface area contributed by atoms with Gasteiger partial charge in [0.25, 0.3) is 5.92 Å². The van der Waals surface area contributed by atoms with E-state index in [0.717, 1.165) is 18.2 Å². The number of carbonyl (C=O) groups is 1. The molecule has 4 fully saturated rings. The second-order valence-corrected chi connectivity index (χ2v) is 15.5. The molecule has 2 saturated carbocycles. The van der Waals surface area contributed by atoms with Gasteiger partial charge in [-0.05, 0) is 60.2 Å². The summed E-state index contributed by atoms with van der Waals surface area (Å²) in [4.78, 5) is 21.3. The van der Waals surface area contributed by atoms with Crippen LogP contribution in [-0.2, 0) is 17.3 Å². The minimum absolute atomic E-state index is 0.0669. The van der Waals surface area contributed by atoms with Gasteiger partial charge in [0, 0.05) is 48.3 Å². The molecule has 1 spiro atoms. The van der Waals surface area contributed by atoms with Crippen molar-refractivity contribution >= 4 is 67.7 Å². The molecule has 2 aliphatic carbocycles. The predicted molar refractivity (Wildman–Crippen MR) is 161 cm³/mol. The lowest BCUT2D eigenvalue weighted by Gasteiger charge is -2.40. The van der Waals surface area contributed by atoms with E-state index in [1.165, 1.54) is 4.90 Å². The largest absolute Gasteiger partial charge is 0.352 e. The molecular formula is C25H29F3IN8O2PS. The molecule has 2 amide bonds. The first-order valence-corrected chi connectivity index (χ1v) is 19.2. The molecule has 41 heavy (non-hydrogen) atoms. The van der Waals surface area contributed by atoms with Crippen LogP contribution in [0.25, 0.3) is 22.3 Å². The Kier molecular flexibility index (Phi) is 6.62. The van der Waals surface area contributed by atoms with E-state index in [-0.39, 0.29) is 24.6 Å². The summed E-state index contributed by atoms with van der Waals surface area (Å²) in [6.45, 7) is 0.719. The van der Waals surface area contributed by atoms with E-state index >= 15 is 0 Å². The van der Waals surface area contributed by atoms with E-state index in [2.05, 4.69) is 37.4 Å². The molecule has 0 bridgehead atoms. The van der Waals surface area contributed by atoms with Gasteiger partial charge in [0.1, 0.15) is 11.4 Å². The average molecular weight is 720 g/mol. The third-order valence-corrected chi connectivity index (χ3v) is 11.9. The van der Waals surface area contributed by atoms with E-state index < -0.39 is 40.5 Å². The fourth-order valence-corrected chi connectivity index (χ4v) is 7.62. The second-order valence-electron chi connectivity index (χ2n) is 11.8. The van der Waals surface area contributed by atoms with Crippen LogP contribution < -0.4 is 10.2 Å². The number of likely N-dealkylation sites (tertiary alicyclic amines) is 1. The Morgan fingerprint density at radius 2 is 1.90 bits per heavy atom. The maximum absolute atomic E-state index is 14.9. The number of amides is 2. The molecule has 0 radical (unpaired) electrons. The van der Waals surface area contributed by atoms with Crippen LogP contribution in [0, 0.1) is 0 Å². The van der Waals surface area contributed by atoms with Crippen LogP contribution in [0.4, 0.5) is 29.5 Å². The Hall–Kier alpha value is -2.00. The molecule has 2 atom stereocenters. The minimum atomic E-state index is -2.91. The monoisotopic (exact) mass is 720 g/mol. The number of nitrogens with zero attached hydrogens (tertiary/aromatic N) is 7. The maximum Gasteiger partial charge on any atom is 0.322 e. The number of piperidine rings is 1. The highest BCUT2D eigenvalue weighted by Crippen LogP contribution is 2.51. The smallest absolute Gasteiger partial charge is 0.322 e. The number of pyridine rings is 1. The minimum Gasteiger partial charge on any atom is -0.352 e. The van der Waals surface area contributed by atoms with Crippen molar-refractivity contribution in [1.29, 1.82) is 0 Å². The van der Waals surface area contributed by atoms with E-state index in [0.29, 0.717) is 60.8 Å². The van der Waals surface area contributed by atoms with Crippen molar-refractivity contribution in [3.05, 3.63) is 18.5 Å². The van der Waals surface area contributed by atoms with Crippen LogP contribution in [0.5, 0.6) is 0 Å². The molecule has 5 heterocycles. The number of halogens is 4. The van der Waals surface area contributed by atoms with Gasteiger partial charge in [-0.25, -0.2) is 22.4 Å². The number of aromatic nitrogens is 5. The molecule has 2 aliphatic heterocycles. The highest BCUT2D eigenvalue weighted by molar-refractivity contribution is 14.2. The number of anilines is 2. The second kappa shape index (κ2) is 9.76. The van der Waals surface area contributed by atoms with Crippen molar-refractivity contribution in [3.8, 4) is 11.4 Å². The van der Waals surface area contributed by atoms with Crippen LogP contribution in [0.1, 0.15) is 38.5 Å². The Balaban J connectivity index is 1.22. The van der Waals surface area contributed by atoms with Gasteiger partial charge in [-0.3, -0.25) is 13.9 Å². The molecule has 3 aromatic heterocycles. The van der Waals surface area contributed by atoms with E-state index in [1.807, 2.05) is 4.90 Å². The molecule has 220 valence electrons. The van der Waals surface area contributed by atoms with Crippen LogP contribution in [0.15, 0.2) is 18.5 Å². The summed E-state index contributed by atoms with van der Waals surface area (Å²) < 4.78 is 58.7. The lowest BCUT2D eigenvalue weighted by molar-refractivity contribution is -0.0721. The summed E-state index contributed by atoms with van der Waals surface area (Å²) in [5, 5.41) is 13.0. The third-order valence-electron chi connectivity index (χ3n) is 8.73. The SMILES string of the molecule is CS(=O)C1CN(c2nn(CC3(F)CC3)c3cc(-c4nn(PI)cc4NC(=O)N4CC(F)(F)CCC45CC5)ncc23)C1. The number of hydrogen-bond donors (Lipinski definition) is 1. The topological polar surface area (TPSA) is 101 Å². The summed E-state index contributed by atoms with van der Waals surface area (Å²) in [6, 6.07) is 1.23. The first kappa shape index (κ1) is 27.8. The highest BCUT2D eigenvalue weighted by atomic mass is 127. The number of fused-ring (bicyclic) bond motifs is 1. The summed E-state index contributed by atoms with van der Waals surface area (Å²) in [5.74, 6) is -2.23. The summed E-state index contributed by atoms with van der Waals surface area (Å²) in [5.41, 5.74) is 0.144. The van der Waals surface area contributed by atoms with Gasteiger partial charge >= 0.3 is 6.03 Å². The van der Waals surface area contributed by atoms with E-state index in [1.54, 1.807) is 33.8 Å². The Morgan fingerprint density at radius 3 is 2.56 bits per heavy atom. The standard InChI is InChI=1S/C25H29F3IN8O2PS/c1-41(39)15-10-34(11-15)21-16-9-30-17(8-19(16)36(33-21)13-23(26)2-3-23)20-18(12-37(32-20)40-29)31-22(38)35-14-25(27,28)7-6-24(35)4-5-24/h8-9,12,15,40H,2-7,10-11,13-14H2,1H3,(H,31,38). The molecule has 0 aromatic carbocycles. The fraction of sp³-hybridized carbons (Fsp3) is 0.600. The van der Waals surface area contributed by atoms with Gasteiger partial charge in [-0.1, -0.05) is 0 Å². The predicted octanol–water partition coefficient (Wildman–Crippen LogP) is 4.95. The van der Waals surface area contributed by atoms with Crippen LogP contribution >= 0.6 is 28.4 Å². The summed E-state index contributed by atoms with van der Waals surface area (Å²) >= 11 is 2.17. The molecule has 3 aromatic rings. The van der Waals surface area contributed by atoms with Crippen molar-refractivity contribution in [2.24, 2.45) is 0 Å². The maximum atomic E-state index is 14.9. The van der Waals surface area contributed by atoms with Crippen molar-refractivity contribution in [2.45, 2.75) is 67.4 Å². The number of rotatable bonds is 7. The van der Waals surface area contributed by atoms with Crippen LogP contribution in [0.2, 0.25) is 0 Å². The molecule has 2 unspecified atom stereocenters. The summed E-state index contributed by atoms with van der Waals surface area (Å²) in [7, 11) is -0.935. The zero-order valence-electron chi connectivity index (χ0n) is 22.2. The lowest BCUT2D eigenvalue weighted by atomic mass is 9.97. The number of nitrogens with one attached hydrogen (secondary N) is 1. The van der Waals surface area contributed by atoms with Gasteiger partial charge in [-0.2, -0.15) is 10.2 Å². The lowest BCUT2D eigenvalue weighted by Crippen LogP contribution is -2.54. The first-order valence-electron chi connectivity index (χ1n) is 13.5. The van der Waals surface area contributed by atoms with Crippen molar-refractivity contribution in [3.63, 3.8) is 0 Å². The highest BCUT2D eigenvalue weighted by Gasteiger charge is 2.57. The van der Waals surface area contributed by atoms with Gasteiger partial charge in [-0.15, -0.1) is 0 Å². The molecule has 1 N–H and O–H groups in total. The normalized spacial score (nSPS) is 23.3. The molecule has 7 rings (SSSR count). The van der Waals surface area contributed by atoms with Crippen LogP contribution in [0.3, 0.4) is 0 Å². The Morgan fingerprint density at radius 1 is 1.17 bits per heavy atom. The molecule has 10 nitrogen and oxygen atoms in total. The Labute approximate surface area is 251 Å². The molecule has 2 saturated heterocycles. The van der Waals surface area contributed by atoms with E-state index in [4.69, 9.17) is 5.10 Å². The van der Waals surface area contributed by atoms with Gasteiger partial charge < -0.3 is 15.1 Å². The van der Waals surface area contributed by atoms with Gasteiger partial charge in [0.05, 0.1) is 53.2 Å². The average Bonchev–Trinajstić information content (AvgIpc) is 3.76. The van der Waals surface area contributed by atoms with Gasteiger partial charge in [0.15, 0.2) is 5.82 Å². The Bertz CT molecular complexity index is 1570.